The molecule has 0 fully saturated rings. The summed E-state index contributed by atoms with van der Waals surface area (Å²) in [5, 5.41) is 10.4. The van der Waals surface area contributed by atoms with Crippen molar-refractivity contribution in [1.29, 1.82) is 0 Å². The summed E-state index contributed by atoms with van der Waals surface area (Å²) in [6.07, 6.45) is 2.49. The average molecular weight is 373 g/mol. The number of rotatable bonds is 4. The molecule has 2 N–H and O–H groups in total. The van der Waals surface area contributed by atoms with Crippen LogP contribution >= 0.6 is 23.2 Å². The van der Waals surface area contributed by atoms with E-state index in [0.29, 0.717) is 22.0 Å². The fourth-order valence-corrected chi connectivity index (χ4v) is 2.91. The van der Waals surface area contributed by atoms with E-state index in [2.05, 4.69) is 9.71 Å². The Morgan fingerprint density at radius 2 is 1.91 bits per heavy atom. The lowest BCUT2D eigenvalue weighted by Gasteiger charge is -2.07. The lowest BCUT2D eigenvalue weighted by atomic mass is 10.2. The fourth-order valence-electron chi connectivity index (χ4n) is 1.85. The first kappa shape index (κ1) is 17.6. The zero-order valence-electron chi connectivity index (χ0n) is 12.3. The number of nitrogens with zero attached hydrogens (tertiary/aromatic N) is 1. The number of benzene rings is 2. The van der Waals surface area contributed by atoms with Crippen LogP contribution in [0.4, 0.5) is 11.4 Å². The highest BCUT2D eigenvalue weighted by Gasteiger charge is 2.07. The van der Waals surface area contributed by atoms with Crippen molar-refractivity contribution in [3.05, 3.63) is 51.5 Å². The Morgan fingerprint density at radius 3 is 2.57 bits per heavy atom. The summed E-state index contributed by atoms with van der Waals surface area (Å²) >= 11 is 11.8. The lowest BCUT2D eigenvalue weighted by Crippen LogP contribution is -2.09. The van der Waals surface area contributed by atoms with Crippen molar-refractivity contribution < 1.29 is 13.5 Å². The number of aromatic hydroxyl groups is 1. The maximum Gasteiger partial charge on any atom is 0.229 e. The number of aliphatic imine (C=N–C) groups is 1. The average Bonchev–Trinajstić information content (AvgIpc) is 2.42. The summed E-state index contributed by atoms with van der Waals surface area (Å²) in [6, 6.07) is 7.93. The molecular formula is C15H14Cl2N2O3S. The normalized spacial score (nSPS) is 11.8. The minimum Gasteiger partial charge on any atom is -0.506 e. The van der Waals surface area contributed by atoms with Gasteiger partial charge in [0.25, 0.3) is 0 Å². The van der Waals surface area contributed by atoms with Crippen LogP contribution in [0.15, 0.2) is 35.3 Å². The first-order valence-electron chi connectivity index (χ1n) is 6.46. The first-order valence-corrected chi connectivity index (χ1v) is 9.11. The maximum absolute atomic E-state index is 11.3. The van der Waals surface area contributed by atoms with Crippen LogP contribution in [-0.4, -0.2) is 26.0 Å². The predicted molar refractivity (Wildman–Crippen MR) is 95.0 cm³/mol. The topological polar surface area (TPSA) is 78.8 Å². The summed E-state index contributed by atoms with van der Waals surface area (Å²) in [5.74, 6) is -0.122. The third-order valence-corrected chi connectivity index (χ3v) is 4.03. The van der Waals surface area contributed by atoms with E-state index in [1.807, 2.05) is 6.92 Å². The van der Waals surface area contributed by atoms with E-state index in [4.69, 9.17) is 23.2 Å². The molecular weight excluding hydrogens is 359 g/mol. The third kappa shape index (κ3) is 4.86. The van der Waals surface area contributed by atoms with Crippen molar-refractivity contribution in [3.8, 4) is 5.75 Å². The molecule has 2 aromatic carbocycles. The third-order valence-electron chi connectivity index (χ3n) is 2.91. The molecule has 0 radical (unpaired) electrons. The minimum atomic E-state index is -3.37. The van der Waals surface area contributed by atoms with Gasteiger partial charge in [0, 0.05) is 16.8 Å². The summed E-state index contributed by atoms with van der Waals surface area (Å²) in [6.45, 7) is 1.84. The number of hydrogen-bond acceptors (Lipinski definition) is 4. The van der Waals surface area contributed by atoms with Gasteiger partial charge in [0.15, 0.2) is 0 Å². The van der Waals surface area contributed by atoms with Crippen LogP contribution in [0, 0.1) is 6.92 Å². The van der Waals surface area contributed by atoms with Gasteiger partial charge in [-0.05, 0) is 36.8 Å². The molecule has 0 aromatic heterocycles. The molecule has 0 heterocycles. The van der Waals surface area contributed by atoms with E-state index in [9.17, 15) is 13.5 Å². The molecule has 0 spiro atoms. The van der Waals surface area contributed by atoms with Gasteiger partial charge in [-0.3, -0.25) is 9.71 Å². The highest BCUT2D eigenvalue weighted by molar-refractivity contribution is 7.92. The zero-order chi connectivity index (χ0) is 17.2. The number of aryl methyl sites for hydroxylation is 1. The van der Waals surface area contributed by atoms with Crippen LogP contribution in [0.3, 0.4) is 0 Å². The van der Waals surface area contributed by atoms with E-state index < -0.39 is 10.0 Å². The van der Waals surface area contributed by atoms with E-state index in [0.717, 1.165) is 11.8 Å². The van der Waals surface area contributed by atoms with Gasteiger partial charge in [0.2, 0.25) is 10.0 Å². The van der Waals surface area contributed by atoms with Crippen molar-refractivity contribution in [2.45, 2.75) is 6.92 Å². The molecule has 0 saturated heterocycles. The SMILES string of the molecule is Cc1ccc(NS(C)(=O)=O)cc1N=Cc1cc(Cl)cc(Cl)c1O. The summed E-state index contributed by atoms with van der Waals surface area (Å²) in [7, 11) is -3.37. The molecule has 8 heteroatoms. The Balaban J connectivity index is 2.38. The largest absolute Gasteiger partial charge is 0.506 e. The van der Waals surface area contributed by atoms with Gasteiger partial charge in [0.1, 0.15) is 5.75 Å². The number of hydrogen-bond donors (Lipinski definition) is 2. The minimum absolute atomic E-state index is 0.122. The molecule has 0 amide bonds. The fraction of sp³-hybridized carbons (Fsp3) is 0.133. The van der Waals surface area contributed by atoms with E-state index in [1.165, 1.54) is 18.3 Å². The molecule has 23 heavy (non-hydrogen) atoms. The van der Waals surface area contributed by atoms with Gasteiger partial charge in [-0.1, -0.05) is 29.3 Å². The van der Waals surface area contributed by atoms with E-state index in [1.54, 1.807) is 18.2 Å². The van der Waals surface area contributed by atoms with Crippen LogP contribution in [0.1, 0.15) is 11.1 Å². The highest BCUT2D eigenvalue weighted by atomic mass is 35.5. The van der Waals surface area contributed by atoms with Crippen molar-refractivity contribution in [2.75, 3.05) is 11.0 Å². The molecule has 0 aliphatic carbocycles. The molecule has 0 atom stereocenters. The Labute approximate surface area is 144 Å². The summed E-state index contributed by atoms with van der Waals surface area (Å²) < 4.78 is 25.0. The second kappa shape index (κ2) is 6.78. The molecule has 0 saturated carbocycles. The lowest BCUT2D eigenvalue weighted by molar-refractivity contribution is 0.475. The molecule has 0 bridgehead atoms. The number of phenolic OH excluding ortho intramolecular Hbond substituents is 1. The number of nitrogens with one attached hydrogen (secondary N) is 1. The van der Waals surface area contributed by atoms with Crippen LogP contribution < -0.4 is 4.72 Å². The van der Waals surface area contributed by atoms with Gasteiger partial charge in [-0.25, -0.2) is 8.42 Å². The number of sulfonamides is 1. The predicted octanol–water partition coefficient (Wildman–Crippen LogP) is 4.13. The summed E-state index contributed by atoms with van der Waals surface area (Å²) in [5.41, 5.74) is 2.16. The van der Waals surface area contributed by atoms with Crippen LogP contribution in [0.2, 0.25) is 10.0 Å². The van der Waals surface area contributed by atoms with Crippen LogP contribution in [0.25, 0.3) is 0 Å². The summed E-state index contributed by atoms with van der Waals surface area (Å²) in [4.78, 5) is 4.27. The maximum atomic E-state index is 11.3. The molecule has 2 aromatic rings. The standard InChI is InChI=1S/C15H14Cl2N2O3S/c1-9-3-4-12(19-23(2,21)22)7-14(9)18-8-10-5-11(16)6-13(17)15(10)20/h3-8,19-20H,1-2H3. The highest BCUT2D eigenvalue weighted by Crippen LogP contribution is 2.31. The van der Waals surface area contributed by atoms with Gasteiger partial charge in [-0.15, -0.1) is 0 Å². The van der Waals surface area contributed by atoms with Gasteiger partial charge < -0.3 is 5.11 Å². The zero-order valence-corrected chi connectivity index (χ0v) is 14.7. The van der Waals surface area contributed by atoms with Gasteiger partial charge in [0.05, 0.1) is 22.7 Å². The molecule has 0 aliphatic rings. The van der Waals surface area contributed by atoms with Gasteiger partial charge >= 0.3 is 0 Å². The second-order valence-corrected chi connectivity index (χ2v) is 7.55. The van der Waals surface area contributed by atoms with Crippen molar-refractivity contribution in [3.63, 3.8) is 0 Å². The van der Waals surface area contributed by atoms with Crippen LogP contribution in [0.5, 0.6) is 5.75 Å². The molecule has 0 aliphatic heterocycles. The monoisotopic (exact) mass is 372 g/mol. The second-order valence-electron chi connectivity index (χ2n) is 4.96. The van der Waals surface area contributed by atoms with E-state index in [-0.39, 0.29) is 10.8 Å². The Bertz CT molecular complexity index is 881. The van der Waals surface area contributed by atoms with Crippen molar-refractivity contribution in [1.82, 2.24) is 0 Å². The van der Waals surface area contributed by atoms with Crippen molar-refractivity contribution >= 4 is 50.8 Å². The quantitative estimate of drug-likeness (QED) is 0.791. The first-order chi connectivity index (χ1) is 10.7. The molecule has 0 unspecified atom stereocenters. The molecule has 5 nitrogen and oxygen atoms in total. The van der Waals surface area contributed by atoms with E-state index >= 15 is 0 Å². The molecule has 2 rings (SSSR count). The Morgan fingerprint density at radius 1 is 1.22 bits per heavy atom. The number of phenols is 1. The Kier molecular flexibility index (Phi) is 5.19. The Hall–Kier alpha value is -1.76. The van der Waals surface area contributed by atoms with Crippen molar-refractivity contribution in [2.24, 2.45) is 4.99 Å². The number of anilines is 1. The molecule has 122 valence electrons. The van der Waals surface area contributed by atoms with Gasteiger partial charge in [-0.2, -0.15) is 0 Å². The smallest absolute Gasteiger partial charge is 0.229 e. The number of halogens is 2. The van der Waals surface area contributed by atoms with Crippen LogP contribution in [-0.2, 0) is 10.0 Å².